The van der Waals surface area contributed by atoms with Crippen molar-refractivity contribution in [2.24, 2.45) is 0 Å². The molecule has 0 saturated carbocycles. The van der Waals surface area contributed by atoms with E-state index in [0.29, 0.717) is 4.47 Å². The van der Waals surface area contributed by atoms with Gasteiger partial charge in [-0.2, -0.15) is 0 Å². The second kappa shape index (κ2) is 9.45. The molecule has 162 valence electrons. The summed E-state index contributed by atoms with van der Waals surface area (Å²) in [5.41, 5.74) is -0.331. The fourth-order valence-corrected chi connectivity index (χ4v) is 4.75. The fraction of sp³-hybridized carbons (Fsp3) is 0.0526. The maximum absolute atomic E-state index is 13.7. The zero-order chi connectivity index (χ0) is 22.6. The Labute approximate surface area is 188 Å². The highest BCUT2D eigenvalue weighted by molar-refractivity contribution is 9.10. The summed E-state index contributed by atoms with van der Waals surface area (Å²) in [7, 11) is -3.82. The number of nitrogens with one attached hydrogen (secondary N) is 2. The van der Waals surface area contributed by atoms with Crippen LogP contribution in [0.25, 0.3) is 0 Å². The Morgan fingerprint density at radius 2 is 1.94 bits per heavy atom. The van der Waals surface area contributed by atoms with E-state index in [1.165, 1.54) is 24.3 Å². The van der Waals surface area contributed by atoms with Gasteiger partial charge < -0.3 is 15.2 Å². The first-order chi connectivity index (χ1) is 14.7. The normalized spacial score (nSPS) is 11.0. The van der Waals surface area contributed by atoms with E-state index >= 15 is 0 Å². The number of aromatic hydroxyl groups is 1. The van der Waals surface area contributed by atoms with Gasteiger partial charge in [0.25, 0.3) is 15.9 Å². The zero-order valence-electron chi connectivity index (χ0n) is 15.5. The molecule has 3 rings (SSSR count). The Morgan fingerprint density at radius 3 is 2.58 bits per heavy atom. The molecule has 1 amide bonds. The molecular weight excluding hydrogens is 515 g/mol. The molecule has 12 heteroatoms. The molecule has 3 aromatic rings. The maximum Gasteiger partial charge on any atom is 0.342 e. The molecule has 0 spiro atoms. The number of benzene rings is 2. The first-order valence-corrected chi connectivity index (χ1v) is 11.6. The number of ether oxygens (including phenoxy) is 1. The second-order valence-corrected chi connectivity index (χ2v) is 9.79. The number of hydrogen-bond donors (Lipinski definition) is 3. The number of phenols is 1. The minimum absolute atomic E-state index is 0.0332. The number of carbonyl (C=O) groups excluding carboxylic acids is 2. The van der Waals surface area contributed by atoms with Crippen LogP contribution < -0.4 is 10.0 Å². The third kappa shape index (κ3) is 5.81. The van der Waals surface area contributed by atoms with Crippen molar-refractivity contribution in [1.82, 2.24) is 0 Å². The lowest BCUT2D eigenvalue weighted by Gasteiger charge is -2.10. The van der Waals surface area contributed by atoms with Gasteiger partial charge in [-0.15, -0.1) is 11.3 Å². The molecule has 1 heterocycles. The molecule has 1 aromatic heterocycles. The third-order valence-corrected chi connectivity index (χ3v) is 7.04. The highest BCUT2D eigenvalue weighted by atomic mass is 79.9. The van der Waals surface area contributed by atoms with Gasteiger partial charge in [0.15, 0.2) is 6.61 Å². The van der Waals surface area contributed by atoms with Crippen LogP contribution in [0.3, 0.4) is 0 Å². The van der Waals surface area contributed by atoms with Crippen LogP contribution >= 0.6 is 27.3 Å². The number of anilines is 2. The average molecular weight is 529 g/mol. The molecule has 0 atom stereocenters. The van der Waals surface area contributed by atoms with Crippen LogP contribution in [0.5, 0.6) is 5.75 Å². The topological polar surface area (TPSA) is 122 Å². The van der Waals surface area contributed by atoms with Crippen molar-refractivity contribution in [1.29, 1.82) is 0 Å². The Hall–Kier alpha value is -2.96. The van der Waals surface area contributed by atoms with Crippen molar-refractivity contribution < 1.29 is 32.2 Å². The van der Waals surface area contributed by atoms with Crippen molar-refractivity contribution >= 4 is 60.5 Å². The molecule has 0 fully saturated rings. The number of sulfonamides is 1. The number of phenolic OH excluding ortho intramolecular Hbond substituents is 1. The zero-order valence-corrected chi connectivity index (χ0v) is 18.7. The van der Waals surface area contributed by atoms with E-state index in [0.717, 1.165) is 29.5 Å². The van der Waals surface area contributed by atoms with Gasteiger partial charge in [-0.1, -0.05) is 22.0 Å². The lowest BCUT2D eigenvalue weighted by Crippen LogP contribution is -2.21. The number of hydrogen-bond acceptors (Lipinski definition) is 7. The van der Waals surface area contributed by atoms with E-state index in [1.807, 2.05) is 0 Å². The molecule has 31 heavy (non-hydrogen) atoms. The Balaban J connectivity index is 1.61. The van der Waals surface area contributed by atoms with Crippen molar-refractivity contribution in [3.05, 3.63) is 69.8 Å². The molecule has 0 bridgehead atoms. The Bertz CT molecular complexity index is 1230. The van der Waals surface area contributed by atoms with Crippen molar-refractivity contribution in [3.63, 3.8) is 0 Å². The van der Waals surface area contributed by atoms with E-state index in [-0.39, 0.29) is 21.1 Å². The fourth-order valence-electron chi connectivity index (χ4n) is 2.38. The van der Waals surface area contributed by atoms with Crippen LogP contribution in [-0.4, -0.2) is 32.0 Å². The van der Waals surface area contributed by atoms with Crippen LogP contribution in [0.1, 0.15) is 10.4 Å². The van der Waals surface area contributed by atoms with E-state index in [1.54, 1.807) is 11.4 Å². The van der Waals surface area contributed by atoms with E-state index in [2.05, 4.69) is 26.0 Å². The van der Waals surface area contributed by atoms with Gasteiger partial charge >= 0.3 is 5.97 Å². The summed E-state index contributed by atoms with van der Waals surface area (Å²) in [5.74, 6) is -3.02. The van der Waals surface area contributed by atoms with Gasteiger partial charge in [0.2, 0.25) is 0 Å². The number of esters is 1. The summed E-state index contributed by atoms with van der Waals surface area (Å²) in [6.07, 6.45) is 0. The standard InChI is InChI=1S/C19H14BrFN2O6S2/c20-11-3-6-15(14(21)8-11)22-17(25)10-29-19(26)13-5-4-12(9-16(13)24)23-31(27,28)18-2-1-7-30-18/h1-9,23-24H,10H2,(H,22,25). The minimum Gasteiger partial charge on any atom is -0.507 e. The van der Waals surface area contributed by atoms with Gasteiger partial charge in [0, 0.05) is 10.5 Å². The predicted molar refractivity (Wildman–Crippen MR) is 116 cm³/mol. The Morgan fingerprint density at radius 1 is 1.16 bits per heavy atom. The quantitative estimate of drug-likeness (QED) is 0.399. The third-order valence-electron chi connectivity index (χ3n) is 3.77. The summed E-state index contributed by atoms with van der Waals surface area (Å²) < 4.78 is 45.9. The number of carbonyl (C=O) groups is 2. The van der Waals surface area contributed by atoms with Crippen molar-refractivity contribution in [3.8, 4) is 5.75 Å². The molecular formula is C19H14BrFN2O6S2. The SMILES string of the molecule is O=C(COC(=O)c1ccc(NS(=O)(=O)c2cccs2)cc1O)Nc1ccc(Br)cc1F. The number of rotatable bonds is 7. The summed E-state index contributed by atoms with van der Waals surface area (Å²) in [6, 6.07) is 10.5. The molecule has 0 saturated heterocycles. The molecule has 0 radical (unpaired) electrons. The average Bonchev–Trinajstić information content (AvgIpc) is 3.24. The Kier molecular flexibility index (Phi) is 6.93. The number of halogens is 2. The second-order valence-electron chi connectivity index (χ2n) is 6.02. The summed E-state index contributed by atoms with van der Waals surface area (Å²) in [4.78, 5) is 24.0. The molecule has 0 aliphatic heterocycles. The van der Waals surface area contributed by atoms with Gasteiger partial charge in [-0.25, -0.2) is 17.6 Å². The van der Waals surface area contributed by atoms with Crippen molar-refractivity contribution in [2.75, 3.05) is 16.6 Å². The largest absolute Gasteiger partial charge is 0.507 e. The van der Waals surface area contributed by atoms with Crippen molar-refractivity contribution in [2.45, 2.75) is 4.21 Å². The van der Waals surface area contributed by atoms with E-state index in [9.17, 15) is 27.5 Å². The smallest absolute Gasteiger partial charge is 0.342 e. The summed E-state index contributed by atoms with van der Waals surface area (Å²) in [5, 5.41) is 13.9. The van der Waals surface area contributed by atoms with Crippen LogP contribution in [0.15, 0.2) is 62.6 Å². The highest BCUT2D eigenvalue weighted by Gasteiger charge is 2.19. The molecule has 0 aliphatic rings. The van der Waals surface area contributed by atoms with Gasteiger partial charge in [0.1, 0.15) is 21.3 Å². The first-order valence-electron chi connectivity index (χ1n) is 8.47. The van der Waals surface area contributed by atoms with Crippen LogP contribution in [0.4, 0.5) is 15.8 Å². The van der Waals surface area contributed by atoms with Gasteiger partial charge in [-0.3, -0.25) is 9.52 Å². The lowest BCUT2D eigenvalue weighted by molar-refractivity contribution is -0.119. The molecule has 8 nitrogen and oxygen atoms in total. The van der Waals surface area contributed by atoms with Gasteiger partial charge in [0.05, 0.1) is 11.4 Å². The minimum atomic E-state index is -3.82. The van der Waals surface area contributed by atoms with Gasteiger partial charge in [-0.05, 0) is 41.8 Å². The highest BCUT2D eigenvalue weighted by Crippen LogP contribution is 2.26. The van der Waals surface area contributed by atoms with E-state index in [4.69, 9.17) is 4.74 Å². The molecule has 0 aliphatic carbocycles. The van der Waals surface area contributed by atoms with Crippen LogP contribution in [0, 0.1) is 5.82 Å². The monoisotopic (exact) mass is 528 g/mol. The number of thiophene rings is 1. The summed E-state index contributed by atoms with van der Waals surface area (Å²) in [6.45, 7) is -0.722. The van der Waals surface area contributed by atoms with Crippen LogP contribution in [-0.2, 0) is 19.6 Å². The lowest BCUT2D eigenvalue weighted by atomic mass is 10.2. The van der Waals surface area contributed by atoms with E-state index < -0.39 is 40.1 Å². The predicted octanol–water partition coefficient (Wildman–Crippen LogP) is 3.95. The molecule has 2 aromatic carbocycles. The molecule has 3 N–H and O–H groups in total. The first kappa shape index (κ1) is 22.7. The number of amides is 1. The summed E-state index contributed by atoms with van der Waals surface area (Å²) >= 11 is 4.11. The molecule has 0 unspecified atom stereocenters. The van der Waals surface area contributed by atoms with Crippen LogP contribution in [0.2, 0.25) is 0 Å². The maximum atomic E-state index is 13.7.